The molecule has 6 nitrogen and oxygen atoms in total. The lowest BCUT2D eigenvalue weighted by molar-refractivity contribution is -0.139. The van der Waals surface area contributed by atoms with Gasteiger partial charge in [0.05, 0.1) is 12.3 Å². The molecule has 1 aromatic rings. The molecule has 0 aliphatic rings. The highest BCUT2D eigenvalue weighted by Gasteiger charge is 2.29. The van der Waals surface area contributed by atoms with Gasteiger partial charge in [0.15, 0.2) is 6.04 Å². The molecule has 94 valence electrons. The number of hydrogen-bond acceptors (Lipinski definition) is 3. The van der Waals surface area contributed by atoms with Gasteiger partial charge in [0, 0.05) is 0 Å². The standard InChI is InChI=1S/C10H13NO5S/c1-7-2-4-8(5-3-7)11(17(15)16)9(6-12)10(13)14/h2-5,9,12H,6H2,1H3,(H,13,14)(H,15,16). The number of hydrogen-bond donors (Lipinski definition) is 3. The second kappa shape index (κ2) is 5.76. The van der Waals surface area contributed by atoms with Gasteiger partial charge in [-0.15, -0.1) is 0 Å². The first kappa shape index (κ1) is 13.6. The van der Waals surface area contributed by atoms with Crippen LogP contribution in [0.2, 0.25) is 0 Å². The molecule has 3 N–H and O–H groups in total. The molecular formula is C10H13NO5S. The fourth-order valence-electron chi connectivity index (χ4n) is 1.32. The van der Waals surface area contributed by atoms with E-state index in [0.29, 0.717) is 0 Å². The Morgan fingerprint density at radius 1 is 1.41 bits per heavy atom. The van der Waals surface area contributed by atoms with Gasteiger partial charge >= 0.3 is 5.97 Å². The van der Waals surface area contributed by atoms with Gasteiger partial charge in [0.25, 0.3) is 11.3 Å². The average Bonchev–Trinajstić information content (AvgIpc) is 2.26. The molecular weight excluding hydrogens is 246 g/mol. The Bertz CT molecular complexity index is 419. The highest BCUT2D eigenvalue weighted by molar-refractivity contribution is 7.80. The fraction of sp³-hybridized carbons (Fsp3) is 0.300. The molecule has 0 saturated carbocycles. The number of aliphatic hydroxyl groups is 1. The minimum Gasteiger partial charge on any atom is -0.480 e. The average molecular weight is 259 g/mol. The number of nitrogens with zero attached hydrogens (tertiary/aromatic N) is 1. The summed E-state index contributed by atoms with van der Waals surface area (Å²) in [5.74, 6) is -1.37. The maximum absolute atomic E-state index is 11.2. The van der Waals surface area contributed by atoms with E-state index in [-0.39, 0.29) is 5.69 Å². The smallest absolute Gasteiger partial charge is 0.329 e. The fourth-order valence-corrected chi connectivity index (χ4v) is 2.00. The van der Waals surface area contributed by atoms with Gasteiger partial charge in [-0.3, -0.25) is 8.86 Å². The molecule has 0 bridgehead atoms. The Morgan fingerprint density at radius 2 is 1.94 bits per heavy atom. The number of aryl methyl sites for hydroxylation is 1. The second-order valence-electron chi connectivity index (χ2n) is 3.43. The first-order chi connectivity index (χ1) is 7.97. The highest BCUT2D eigenvalue weighted by atomic mass is 32.2. The number of anilines is 1. The van der Waals surface area contributed by atoms with Crippen LogP contribution in [0.4, 0.5) is 5.69 Å². The summed E-state index contributed by atoms with van der Waals surface area (Å²) in [5.41, 5.74) is 1.20. The number of carboxylic acid groups (broad SMARTS) is 1. The molecule has 0 radical (unpaired) electrons. The van der Waals surface area contributed by atoms with E-state index in [4.69, 9.17) is 14.8 Å². The predicted octanol–water partition coefficient (Wildman–Crippen LogP) is 0.384. The summed E-state index contributed by atoms with van der Waals surface area (Å²) in [7, 11) is 0. The molecule has 2 atom stereocenters. The second-order valence-corrected chi connectivity index (χ2v) is 4.28. The predicted molar refractivity (Wildman–Crippen MR) is 62.9 cm³/mol. The van der Waals surface area contributed by atoms with Crippen molar-refractivity contribution in [3.63, 3.8) is 0 Å². The lowest BCUT2D eigenvalue weighted by Gasteiger charge is -2.25. The van der Waals surface area contributed by atoms with Crippen LogP contribution in [0, 0.1) is 6.92 Å². The van der Waals surface area contributed by atoms with Crippen molar-refractivity contribution in [1.82, 2.24) is 0 Å². The molecule has 0 aliphatic carbocycles. The van der Waals surface area contributed by atoms with E-state index in [1.54, 1.807) is 12.1 Å². The van der Waals surface area contributed by atoms with E-state index >= 15 is 0 Å². The van der Waals surface area contributed by atoms with E-state index in [9.17, 15) is 9.00 Å². The van der Waals surface area contributed by atoms with Crippen LogP contribution >= 0.6 is 0 Å². The summed E-state index contributed by atoms with van der Waals surface area (Å²) < 4.78 is 21.0. The van der Waals surface area contributed by atoms with E-state index in [1.165, 1.54) is 12.1 Å². The van der Waals surface area contributed by atoms with Crippen molar-refractivity contribution in [2.24, 2.45) is 0 Å². The molecule has 0 aliphatic heterocycles. The molecule has 0 heterocycles. The Morgan fingerprint density at radius 3 is 2.29 bits per heavy atom. The van der Waals surface area contributed by atoms with E-state index in [1.807, 2.05) is 6.92 Å². The maximum atomic E-state index is 11.2. The van der Waals surface area contributed by atoms with Crippen molar-refractivity contribution < 1.29 is 23.8 Å². The van der Waals surface area contributed by atoms with Gasteiger partial charge in [0.2, 0.25) is 0 Å². The summed E-state index contributed by atoms with van der Waals surface area (Å²) in [5, 5.41) is 17.8. The van der Waals surface area contributed by atoms with Crippen molar-refractivity contribution >= 4 is 22.9 Å². The Kier molecular flexibility index (Phi) is 4.62. The summed E-state index contributed by atoms with van der Waals surface area (Å²) in [4.78, 5) is 10.9. The van der Waals surface area contributed by atoms with Crippen LogP contribution in [-0.4, -0.2) is 37.6 Å². The van der Waals surface area contributed by atoms with Crippen molar-refractivity contribution in [2.45, 2.75) is 13.0 Å². The molecule has 1 aromatic carbocycles. The third kappa shape index (κ3) is 3.26. The molecule has 0 amide bonds. The summed E-state index contributed by atoms with van der Waals surface area (Å²) in [6, 6.07) is 4.96. The highest BCUT2D eigenvalue weighted by Crippen LogP contribution is 2.19. The largest absolute Gasteiger partial charge is 0.480 e. The van der Waals surface area contributed by atoms with E-state index < -0.39 is 29.9 Å². The summed E-state index contributed by atoms with van der Waals surface area (Å²) >= 11 is -2.52. The molecule has 1 rings (SSSR count). The third-order valence-electron chi connectivity index (χ3n) is 2.20. The van der Waals surface area contributed by atoms with Gasteiger partial charge in [-0.1, -0.05) is 17.7 Å². The molecule has 0 saturated heterocycles. The number of rotatable bonds is 5. The Balaban J connectivity index is 3.12. The number of carboxylic acids is 1. The van der Waals surface area contributed by atoms with Gasteiger partial charge in [-0.25, -0.2) is 9.00 Å². The minimum atomic E-state index is -2.52. The van der Waals surface area contributed by atoms with Gasteiger partial charge in [-0.2, -0.15) is 0 Å². The van der Waals surface area contributed by atoms with Crippen LogP contribution in [0.25, 0.3) is 0 Å². The molecule has 0 fully saturated rings. The normalized spacial score (nSPS) is 14.1. The minimum absolute atomic E-state index is 0.262. The zero-order valence-electron chi connectivity index (χ0n) is 9.11. The first-order valence-corrected chi connectivity index (χ1v) is 5.84. The third-order valence-corrected chi connectivity index (χ3v) is 3.00. The first-order valence-electron chi connectivity index (χ1n) is 4.78. The Hall–Kier alpha value is -1.44. The molecule has 0 aromatic heterocycles. The zero-order valence-corrected chi connectivity index (χ0v) is 9.92. The SMILES string of the molecule is Cc1ccc(N(C(CO)C(=O)O)S(=O)O)cc1. The van der Waals surface area contributed by atoms with Crippen LogP contribution in [0.1, 0.15) is 5.56 Å². The summed E-state index contributed by atoms with van der Waals surface area (Å²) in [6.45, 7) is 1.08. The summed E-state index contributed by atoms with van der Waals surface area (Å²) in [6.07, 6.45) is 0. The van der Waals surface area contributed by atoms with Crippen molar-refractivity contribution in [2.75, 3.05) is 10.9 Å². The van der Waals surface area contributed by atoms with E-state index in [0.717, 1.165) is 9.87 Å². The van der Waals surface area contributed by atoms with Crippen LogP contribution in [-0.2, 0) is 16.1 Å². The molecule has 0 spiro atoms. The van der Waals surface area contributed by atoms with Crippen molar-refractivity contribution in [1.29, 1.82) is 0 Å². The van der Waals surface area contributed by atoms with E-state index in [2.05, 4.69) is 0 Å². The lowest BCUT2D eigenvalue weighted by atomic mass is 10.2. The Labute approximate surface area is 101 Å². The topological polar surface area (TPSA) is 98.1 Å². The molecule has 7 heteroatoms. The van der Waals surface area contributed by atoms with Gasteiger partial charge in [-0.05, 0) is 19.1 Å². The monoisotopic (exact) mass is 259 g/mol. The van der Waals surface area contributed by atoms with Crippen molar-refractivity contribution in [3.05, 3.63) is 29.8 Å². The van der Waals surface area contributed by atoms with Crippen LogP contribution in [0.5, 0.6) is 0 Å². The number of carbonyl (C=O) groups is 1. The van der Waals surface area contributed by atoms with Gasteiger partial charge in [0.1, 0.15) is 0 Å². The molecule has 17 heavy (non-hydrogen) atoms. The quantitative estimate of drug-likeness (QED) is 0.664. The number of aliphatic hydroxyl groups excluding tert-OH is 1. The maximum Gasteiger partial charge on any atom is 0.329 e. The zero-order chi connectivity index (χ0) is 13.0. The van der Waals surface area contributed by atoms with Gasteiger partial charge < -0.3 is 10.2 Å². The number of benzene rings is 1. The van der Waals surface area contributed by atoms with Crippen LogP contribution in [0.15, 0.2) is 24.3 Å². The van der Waals surface area contributed by atoms with Crippen molar-refractivity contribution in [3.8, 4) is 0 Å². The van der Waals surface area contributed by atoms with Crippen LogP contribution in [0.3, 0.4) is 0 Å². The van der Waals surface area contributed by atoms with Crippen LogP contribution < -0.4 is 4.31 Å². The lowest BCUT2D eigenvalue weighted by Crippen LogP contribution is -2.44. The molecule has 2 unspecified atom stereocenters. The number of aliphatic carboxylic acids is 1.